The molecule has 2 amide bonds. The van der Waals surface area contributed by atoms with E-state index in [2.05, 4.69) is 16.4 Å². The molecule has 1 aromatic heterocycles. The number of nitrogens with zero attached hydrogens (tertiary/aromatic N) is 2. The molecule has 0 saturated carbocycles. The largest absolute Gasteiger partial charge is 0.391 e. The number of hydrogen-bond donors (Lipinski definition) is 2. The first kappa shape index (κ1) is 16.5. The van der Waals surface area contributed by atoms with E-state index >= 15 is 0 Å². The molecule has 126 valence electrons. The lowest BCUT2D eigenvalue weighted by atomic mass is 10.0. The van der Waals surface area contributed by atoms with Crippen molar-refractivity contribution in [3.05, 3.63) is 65.5 Å². The number of urea groups is 1. The van der Waals surface area contributed by atoms with E-state index in [-0.39, 0.29) is 12.1 Å². The number of β-amino-alcohol motifs (C(OH)–C–C–N with tert-alkyl or cyclic N) is 1. The van der Waals surface area contributed by atoms with Gasteiger partial charge in [-0.15, -0.1) is 0 Å². The Hall–Kier alpha value is -2.40. The molecule has 1 aromatic carbocycles. The fourth-order valence-corrected chi connectivity index (χ4v) is 3.08. The van der Waals surface area contributed by atoms with Gasteiger partial charge in [-0.1, -0.05) is 35.9 Å². The van der Waals surface area contributed by atoms with Gasteiger partial charge in [-0.05, 0) is 37.5 Å². The van der Waals surface area contributed by atoms with E-state index < -0.39 is 6.10 Å². The van der Waals surface area contributed by atoms with E-state index in [1.54, 1.807) is 11.1 Å². The fourth-order valence-electron chi connectivity index (χ4n) is 3.08. The first-order valence-corrected chi connectivity index (χ1v) is 8.34. The minimum absolute atomic E-state index is 0.161. The third-order valence-corrected chi connectivity index (χ3v) is 4.31. The zero-order valence-electron chi connectivity index (χ0n) is 13.9. The molecule has 3 rings (SSSR count). The number of rotatable bonds is 3. The second-order valence-electron chi connectivity index (χ2n) is 6.29. The number of piperidine rings is 1. The maximum atomic E-state index is 12.7. The molecule has 1 aliphatic heterocycles. The Morgan fingerprint density at radius 3 is 2.92 bits per heavy atom. The van der Waals surface area contributed by atoms with Gasteiger partial charge in [0, 0.05) is 19.3 Å². The predicted octanol–water partition coefficient (Wildman–Crippen LogP) is 2.65. The quantitative estimate of drug-likeness (QED) is 0.912. The number of pyridine rings is 1. The molecule has 1 aliphatic rings. The van der Waals surface area contributed by atoms with Crippen LogP contribution in [0.4, 0.5) is 4.79 Å². The van der Waals surface area contributed by atoms with Crippen LogP contribution >= 0.6 is 0 Å². The van der Waals surface area contributed by atoms with Gasteiger partial charge < -0.3 is 15.3 Å². The summed E-state index contributed by atoms with van der Waals surface area (Å²) in [6.45, 7) is 3.09. The van der Waals surface area contributed by atoms with Crippen LogP contribution in [0.15, 0.2) is 48.7 Å². The zero-order chi connectivity index (χ0) is 16.9. The summed E-state index contributed by atoms with van der Waals surface area (Å²) < 4.78 is 0. The number of benzene rings is 1. The molecule has 24 heavy (non-hydrogen) atoms. The van der Waals surface area contributed by atoms with Crippen molar-refractivity contribution < 1.29 is 9.90 Å². The number of aryl methyl sites for hydroxylation is 1. The Morgan fingerprint density at radius 1 is 1.33 bits per heavy atom. The summed E-state index contributed by atoms with van der Waals surface area (Å²) >= 11 is 0. The van der Waals surface area contributed by atoms with Crippen LogP contribution in [0.5, 0.6) is 0 Å². The van der Waals surface area contributed by atoms with Crippen molar-refractivity contribution >= 4 is 6.03 Å². The summed E-state index contributed by atoms with van der Waals surface area (Å²) in [5, 5.41) is 12.9. The van der Waals surface area contributed by atoms with E-state index in [9.17, 15) is 9.90 Å². The molecule has 2 atom stereocenters. The molecule has 2 unspecified atom stereocenters. The van der Waals surface area contributed by atoms with Gasteiger partial charge in [0.1, 0.15) is 0 Å². The maximum Gasteiger partial charge on any atom is 0.318 e. The monoisotopic (exact) mass is 325 g/mol. The third-order valence-electron chi connectivity index (χ3n) is 4.31. The van der Waals surface area contributed by atoms with E-state index in [1.807, 2.05) is 43.3 Å². The molecule has 5 nitrogen and oxygen atoms in total. The van der Waals surface area contributed by atoms with Crippen LogP contribution < -0.4 is 5.32 Å². The molecule has 1 saturated heterocycles. The van der Waals surface area contributed by atoms with Crippen molar-refractivity contribution in [1.82, 2.24) is 15.2 Å². The number of aliphatic hydroxyl groups excluding tert-OH is 1. The second kappa shape index (κ2) is 7.45. The van der Waals surface area contributed by atoms with Gasteiger partial charge in [0.15, 0.2) is 0 Å². The van der Waals surface area contributed by atoms with Crippen molar-refractivity contribution in [2.24, 2.45) is 0 Å². The Kier molecular flexibility index (Phi) is 5.11. The Morgan fingerprint density at radius 2 is 2.21 bits per heavy atom. The Labute approximate surface area is 142 Å². The zero-order valence-corrected chi connectivity index (χ0v) is 13.9. The highest BCUT2D eigenvalue weighted by Gasteiger charge is 2.25. The average molecular weight is 325 g/mol. The summed E-state index contributed by atoms with van der Waals surface area (Å²) in [6.07, 6.45) is 2.88. The van der Waals surface area contributed by atoms with Crippen molar-refractivity contribution in [1.29, 1.82) is 0 Å². The van der Waals surface area contributed by atoms with E-state index in [1.165, 1.54) is 0 Å². The van der Waals surface area contributed by atoms with Gasteiger partial charge in [0.2, 0.25) is 0 Å². The lowest BCUT2D eigenvalue weighted by molar-refractivity contribution is 0.0836. The van der Waals surface area contributed by atoms with Crippen molar-refractivity contribution in [2.75, 3.05) is 13.1 Å². The van der Waals surface area contributed by atoms with Gasteiger partial charge >= 0.3 is 6.03 Å². The second-order valence-corrected chi connectivity index (χ2v) is 6.29. The third kappa shape index (κ3) is 3.92. The maximum absolute atomic E-state index is 12.7. The summed E-state index contributed by atoms with van der Waals surface area (Å²) in [6, 6.07) is 13.3. The molecule has 5 heteroatoms. The molecule has 0 spiro atoms. The molecule has 2 aromatic rings. The van der Waals surface area contributed by atoms with Gasteiger partial charge in [-0.2, -0.15) is 0 Å². The molecular formula is C19H23N3O2. The van der Waals surface area contributed by atoms with E-state index in [4.69, 9.17) is 0 Å². The molecule has 0 bridgehead atoms. The van der Waals surface area contributed by atoms with Crippen LogP contribution in [0.3, 0.4) is 0 Å². The number of carbonyl (C=O) groups excluding carboxylic acids is 1. The molecule has 2 heterocycles. The number of carbonyl (C=O) groups is 1. The van der Waals surface area contributed by atoms with E-state index in [0.717, 1.165) is 29.7 Å². The molecular weight excluding hydrogens is 302 g/mol. The summed E-state index contributed by atoms with van der Waals surface area (Å²) in [5.41, 5.74) is 2.93. The highest BCUT2D eigenvalue weighted by molar-refractivity contribution is 5.75. The lowest BCUT2D eigenvalue weighted by Gasteiger charge is -2.32. The number of aromatic nitrogens is 1. The van der Waals surface area contributed by atoms with Crippen LogP contribution in [0.25, 0.3) is 0 Å². The SMILES string of the molecule is Cc1cccc(C(NC(=O)N2CCCC(O)C2)c2ccccn2)c1. The highest BCUT2D eigenvalue weighted by Crippen LogP contribution is 2.22. The highest BCUT2D eigenvalue weighted by atomic mass is 16.3. The molecule has 0 radical (unpaired) electrons. The topological polar surface area (TPSA) is 65.5 Å². The van der Waals surface area contributed by atoms with Crippen LogP contribution in [-0.4, -0.2) is 40.2 Å². The van der Waals surface area contributed by atoms with Crippen molar-refractivity contribution in [3.63, 3.8) is 0 Å². The first-order chi connectivity index (χ1) is 11.6. The number of likely N-dealkylation sites (tertiary alicyclic amines) is 1. The van der Waals surface area contributed by atoms with Gasteiger partial charge in [-0.25, -0.2) is 4.79 Å². The van der Waals surface area contributed by atoms with Crippen LogP contribution in [0, 0.1) is 6.92 Å². The summed E-state index contributed by atoms with van der Waals surface area (Å²) in [7, 11) is 0. The molecule has 2 N–H and O–H groups in total. The van der Waals surface area contributed by atoms with Gasteiger partial charge in [-0.3, -0.25) is 4.98 Å². The standard InChI is InChI=1S/C19H23N3O2/c1-14-6-4-7-15(12-14)18(17-9-2-3-10-20-17)21-19(24)22-11-5-8-16(23)13-22/h2-4,6-7,9-10,12,16,18,23H,5,8,11,13H2,1H3,(H,21,24). The Balaban J connectivity index is 1.84. The van der Waals surface area contributed by atoms with Crippen LogP contribution in [0.1, 0.15) is 35.7 Å². The van der Waals surface area contributed by atoms with Crippen LogP contribution in [0.2, 0.25) is 0 Å². The number of amides is 2. The van der Waals surface area contributed by atoms with Gasteiger partial charge in [0.05, 0.1) is 17.8 Å². The minimum atomic E-state index is -0.434. The smallest absolute Gasteiger partial charge is 0.318 e. The van der Waals surface area contributed by atoms with E-state index in [0.29, 0.717) is 13.1 Å². The Bertz CT molecular complexity index is 690. The number of hydrogen-bond acceptors (Lipinski definition) is 3. The lowest BCUT2D eigenvalue weighted by Crippen LogP contribution is -2.48. The normalized spacial score (nSPS) is 18.9. The predicted molar refractivity (Wildman–Crippen MR) is 92.6 cm³/mol. The van der Waals surface area contributed by atoms with Crippen molar-refractivity contribution in [2.45, 2.75) is 31.9 Å². The molecule has 1 fully saturated rings. The van der Waals surface area contributed by atoms with Gasteiger partial charge in [0.25, 0.3) is 0 Å². The average Bonchev–Trinajstić information content (AvgIpc) is 2.60. The fraction of sp³-hybridized carbons (Fsp3) is 0.368. The van der Waals surface area contributed by atoms with Crippen LogP contribution in [-0.2, 0) is 0 Å². The number of nitrogens with one attached hydrogen (secondary N) is 1. The summed E-state index contributed by atoms with van der Waals surface area (Å²) in [4.78, 5) is 18.8. The minimum Gasteiger partial charge on any atom is -0.391 e. The van der Waals surface area contributed by atoms with Crippen molar-refractivity contribution in [3.8, 4) is 0 Å². The molecule has 0 aliphatic carbocycles. The first-order valence-electron chi connectivity index (χ1n) is 8.34. The number of aliphatic hydroxyl groups is 1. The summed E-state index contributed by atoms with van der Waals surface area (Å²) in [5.74, 6) is 0.